The average Bonchev–Trinajstić information content (AvgIpc) is 3.22. The molecule has 0 spiro atoms. The lowest BCUT2D eigenvalue weighted by Crippen LogP contribution is -2.61. The topological polar surface area (TPSA) is 84.8 Å². The van der Waals surface area contributed by atoms with Crippen LogP contribution in [-0.4, -0.2) is 75.5 Å². The molecule has 8 heteroatoms. The van der Waals surface area contributed by atoms with Crippen LogP contribution in [0.1, 0.15) is 114 Å². The number of unbranched alkanes of at least 4 members (excludes halogenated alkanes) is 13. The van der Waals surface area contributed by atoms with Crippen molar-refractivity contribution in [3.05, 3.63) is 108 Å². The number of rotatable bonds is 31. The Hall–Kier alpha value is -2.66. The summed E-state index contributed by atoms with van der Waals surface area (Å²) in [7, 11) is 1.65. The van der Waals surface area contributed by atoms with Gasteiger partial charge < -0.3 is 38.3 Å². The molecule has 0 radical (unpaired) electrons. The first-order valence-corrected chi connectivity index (χ1v) is 21.2. The fourth-order valence-corrected chi connectivity index (χ4v) is 6.96. The van der Waals surface area contributed by atoms with Crippen LogP contribution < -0.4 is 0 Å². The normalized spacial score (nSPS) is 20.5. The molecule has 1 fully saturated rings. The van der Waals surface area contributed by atoms with E-state index in [1.165, 1.54) is 83.5 Å². The van der Waals surface area contributed by atoms with E-state index in [-0.39, 0.29) is 19.3 Å². The van der Waals surface area contributed by atoms with Gasteiger partial charge in [0.15, 0.2) is 6.29 Å². The number of aliphatic hydroxyl groups excluding tert-OH is 1. The molecular weight excluding hydrogens is 693 g/mol. The van der Waals surface area contributed by atoms with Crippen LogP contribution in [0.2, 0.25) is 0 Å². The van der Waals surface area contributed by atoms with Crippen LogP contribution in [-0.2, 0) is 53.0 Å². The van der Waals surface area contributed by atoms with Crippen LogP contribution in [0, 0.1) is 0 Å². The minimum absolute atomic E-state index is 0.190. The summed E-state index contributed by atoms with van der Waals surface area (Å²) in [5.41, 5.74) is 3.06. The van der Waals surface area contributed by atoms with Crippen molar-refractivity contribution in [1.29, 1.82) is 0 Å². The van der Waals surface area contributed by atoms with Crippen molar-refractivity contribution in [1.82, 2.24) is 0 Å². The molecule has 0 aliphatic carbocycles. The Morgan fingerprint density at radius 1 is 0.545 bits per heavy atom. The molecule has 0 amide bonds. The van der Waals surface area contributed by atoms with Crippen molar-refractivity contribution in [2.45, 2.75) is 153 Å². The third-order valence-corrected chi connectivity index (χ3v) is 10.3. The van der Waals surface area contributed by atoms with E-state index in [1.807, 2.05) is 91.0 Å². The van der Waals surface area contributed by atoms with E-state index in [0.717, 1.165) is 23.1 Å². The van der Waals surface area contributed by atoms with Crippen LogP contribution in [0.3, 0.4) is 0 Å². The number of hydrogen-bond donors (Lipinski definition) is 1. The highest BCUT2D eigenvalue weighted by Crippen LogP contribution is 2.29. The van der Waals surface area contributed by atoms with Gasteiger partial charge in [-0.15, -0.1) is 0 Å². The third kappa shape index (κ3) is 18.4. The molecule has 0 bridgehead atoms. The fourth-order valence-electron chi connectivity index (χ4n) is 6.96. The van der Waals surface area contributed by atoms with Crippen molar-refractivity contribution in [3.8, 4) is 0 Å². The van der Waals surface area contributed by atoms with Crippen molar-refractivity contribution in [2.75, 3.05) is 33.5 Å². The Morgan fingerprint density at radius 3 is 1.53 bits per heavy atom. The Kier molecular flexibility index (Phi) is 23.5. The van der Waals surface area contributed by atoms with E-state index in [1.54, 1.807) is 7.11 Å². The molecule has 6 atom stereocenters. The van der Waals surface area contributed by atoms with E-state index in [2.05, 4.69) is 6.92 Å². The van der Waals surface area contributed by atoms with Gasteiger partial charge in [-0.05, 0) is 23.1 Å². The lowest BCUT2D eigenvalue weighted by atomic mass is 9.98. The quantitative estimate of drug-likeness (QED) is 0.0649. The summed E-state index contributed by atoms with van der Waals surface area (Å²) in [6, 6.07) is 29.9. The molecular formula is C47H70O8. The maximum absolute atomic E-state index is 11.7. The second-order valence-corrected chi connectivity index (χ2v) is 14.9. The smallest absolute Gasteiger partial charge is 0.186 e. The van der Waals surface area contributed by atoms with E-state index in [0.29, 0.717) is 33.0 Å². The lowest BCUT2D eigenvalue weighted by Gasteiger charge is -2.44. The predicted octanol–water partition coefficient (Wildman–Crippen LogP) is 9.99. The molecule has 1 saturated heterocycles. The molecule has 0 aromatic heterocycles. The Balaban J connectivity index is 1.24. The van der Waals surface area contributed by atoms with Gasteiger partial charge in [0.05, 0.1) is 39.6 Å². The highest BCUT2D eigenvalue weighted by molar-refractivity contribution is 5.15. The molecule has 1 N–H and O–H groups in total. The molecule has 306 valence electrons. The van der Waals surface area contributed by atoms with Crippen molar-refractivity contribution in [2.24, 2.45) is 0 Å². The highest BCUT2D eigenvalue weighted by Gasteiger charge is 2.47. The minimum atomic E-state index is -1.12. The molecule has 0 unspecified atom stereocenters. The summed E-state index contributed by atoms with van der Waals surface area (Å²) in [5, 5.41) is 11.7. The zero-order valence-corrected chi connectivity index (χ0v) is 33.8. The SMILES string of the molecule is CCCCCCCCCCCCCCCCOC[C@H](CO[C@H]1O[C@H](COCc2ccccc2)[C@@H](OCc2ccccc2)[C@H](OCc2ccccc2)[C@@H]1O)OC. The van der Waals surface area contributed by atoms with Gasteiger partial charge in [-0.3, -0.25) is 0 Å². The van der Waals surface area contributed by atoms with Crippen LogP contribution in [0.15, 0.2) is 91.0 Å². The molecule has 1 aliphatic heterocycles. The van der Waals surface area contributed by atoms with E-state index in [9.17, 15) is 5.11 Å². The van der Waals surface area contributed by atoms with Crippen molar-refractivity contribution >= 4 is 0 Å². The summed E-state index contributed by atoms with van der Waals surface area (Å²) < 4.78 is 43.6. The molecule has 0 saturated carbocycles. The zero-order valence-electron chi connectivity index (χ0n) is 33.8. The van der Waals surface area contributed by atoms with Gasteiger partial charge in [-0.25, -0.2) is 0 Å². The number of hydrogen-bond acceptors (Lipinski definition) is 8. The van der Waals surface area contributed by atoms with Gasteiger partial charge in [0.1, 0.15) is 30.5 Å². The Labute approximate surface area is 332 Å². The fraction of sp³-hybridized carbons (Fsp3) is 0.617. The van der Waals surface area contributed by atoms with Crippen molar-refractivity contribution in [3.63, 3.8) is 0 Å². The zero-order chi connectivity index (χ0) is 38.6. The highest BCUT2D eigenvalue weighted by atomic mass is 16.7. The molecule has 4 rings (SSSR count). The molecule has 3 aromatic rings. The van der Waals surface area contributed by atoms with E-state index in [4.69, 9.17) is 33.2 Å². The minimum Gasteiger partial charge on any atom is -0.385 e. The van der Waals surface area contributed by atoms with Gasteiger partial charge in [0.2, 0.25) is 0 Å². The standard InChI is InChI=1S/C47H70O8/c1-3-4-5-6-7-8-9-10-11-12-13-14-15-25-32-50-36-42(49-2)37-54-47-44(48)46(53-35-41-30-23-18-24-31-41)45(52-34-40-28-21-17-22-29-40)43(55-47)38-51-33-39-26-19-16-20-27-39/h16-24,26-31,42-48H,3-15,25,32-38H2,1-2H3/t42-,43-,44+,45-,46-,47+/m1/s1. The summed E-state index contributed by atoms with van der Waals surface area (Å²) >= 11 is 0. The van der Waals surface area contributed by atoms with E-state index < -0.39 is 30.7 Å². The van der Waals surface area contributed by atoms with Gasteiger partial charge in [0, 0.05) is 13.7 Å². The van der Waals surface area contributed by atoms with Crippen molar-refractivity contribution < 1.29 is 38.3 Å². The molecule has 1 aliphatic rings. The number of ether oxygens (including phenoxy) is 7. The Bertz CT molecular complexity index is 1310. The first kappa shape index (κ1) is 45.0. The predicted molar refractivity (Wildman–Crippen MR) is 219 cm³/mol. The number of methoxy groups -OCH3 is 1. The molecule has 1 heterocycles. The van der Waals surface area contributed by atoms with Gasteiger partial charge >= 0.3 is 0 Å². The number of aliphatic hydroxyl groups is 1. The average molecular weight is 763 g/mol. The van der Waals surface area contributed by atoms with Crippen LogP contribution in [0.5, 0.6) is 0 Å². The molecule has 3 aromatic carbocycles. The first-order valence-electron chi connectivity index (χ1n) is 21.2. The number of benzene rings is 3. The molecule has 8 nitrogen and oxygen atoms in total. The third-order valence-electron chi connectivity index (χ3n) is 10.3. The van der Waals surface area contributed by atoms with Gasteiger partial charge in [-0.1, -0.05) is 181 Å². The summed E-state index contributed by atoms with van der Waals surface area (Å²) in [6.07, 6.45) is 14.3. The van der Waals surface area contributed by atoms with Crippen LogP contribution >= 0.6 is 0 Å². The van der Waals surface area contributed by atoms with Gasteiger partial charge in [0.25, 0.3) is 0 Å². The van der Waals surface area contributed by atoms with Gasteiger partial charge in [-0.2, -0.15) is 0 Å². The largest absolute Gasteiger partial charge is 0.385 e. The summed E-state index contributed by atoms with van der Waals surface area (Å²) in [5.74, 6) is 0. The van der Waals surface area contributed by atoms with Crippen LogP contribution in [0.25, 0.3) is 0 Å². The lowest BCUT2D eigenvalue weighted by molar-refractivity contribution is -0.322. The maximum Gasteiger partial charge on any atom is 0.186 e. The first-order chi connectivity index (χ1) is 27.2. The second kappa shape index (κ2) is 28.7. The van der Waals surface area contributed by atoms with Crippen LogP contribution in [0.4, 0.5) is 0 Å². The summed E-state index contributed by atoms with van der Waals surface area (Å²) in [6.45, 7) is 4.83. The van der Waals surface area contributed by atoms with E-state index >= 15 is 0 Å². The second-order valence-electron chi connectivity index (χ2n) is 14.9. The summed E-state index contributed by atoms with van der Waals surface area (Å²) in [4.78, 5) is 0. The Morgan fingerprint density at radius 2 is 1.02 bits per heavy atom. The molecule has 55 heavy (non-hydrogen) atoms. The monoisotopic (exact) mass is 763 g/mol. The maximum atomic E-state index is 11.7.